The second kappa shape index (κ2) is 12.3. The summed E-state index contributed by atoms with van der Waals surface area (Å²) in [5.41, 5.74) is -3.82. The van der Waals surface area contributed by atoms with E-state index in [2.05, 4.69) is 0 Å². The Hall–Kier alpha value is -3.64. The molecule has 0 bridgehead atoms. The molecule has 0 radical (unpaired) electrons. The molecule has 2 aliphatic rings. The topological polar surface area (TPSA) is 60.9 Å². The van der Waals surface area contributed by atoms with Crippen LogP contribution in [0.2, 0.25) is 0 Å². The van der Waals surface area contributed by atoms with Crippen LogP contribution in [0.1, 0.15) is 67.3 Å². The molecule has 4 rings (SSSR count). The Labute approximate surface area is 257 Å². The average Bonchev–Trinajstić information content (AvgIpc) is 3.40. The Kier molecular flexibility index (Phi) is 9.34. The fourth-order valence-corrected chi connectivity index (χ4v) is 6.33. The van der Waals surface area contributed by atoms with Crippen LogP contribution in [0.25, 0.3) is 0 Å². The van der Waals surface area contributed by atoms with Gasteiger partial charge in [0, 0.05) is 52.0 Å². The van der Waals surface area contributed by atoms with Crippen molar-refractivity contribution in [3.8, 4) is 0 Å². The van der Waals surface area contributed by atoms with Gasteiger partial charge >= 0.3 is 12.4 Å². The van der Waals surface area contributed by atoms with Crippen molar-refractivity contribution in [2.75, 3.05) is 33.2 Å². The summed E-state index contributed by atoms with van der Waals surface area (Å²) in [5.74, 6) is -3.27. The summed E-state index contributed by atoms with van der Waals surface area (Å²) < 4.78 is 95.8. The van der Waals surface area contributed by atoms with E-state index in [1.54, 1.807) is 16.7 Å². The van der Waals surface area contributed by atoms with Crippen LogP contribution in [0, 0.1) is 24.6 Å². The van der Waals surface area contributed by atoms with Crippen LogP contribution in [-0.2, 0) is 32.3 Å². The van der Waals surface area contributed by atoms with Crippen molar-refractivity contribution in [2.24, 2.45) is 11.8 Å². The van der Waals surface area contributed by atoms with Crippen LogP contribution in [0.15, 0.2) is 36.4 Å². The van der Waals surface area contributed by atoms with Crippen LogP contribution in [-0.4, -0.2) is 65.6 Å². The third-order valence-corrected chi connectivity index (χ3v) is 9.33. The molecule has 2 atom stereocenters. The number of likely N-dealkylation sites (tertiary alicyclic amines) is 2. The molecule has 13 heteroatoms. The molecule has 2 heterocycles. The summed E-state index contributed by atoms with van der Waals surface area (Å²) in [6.45, 7) is 6.74. The van der Waals surface area contributed by atoms with E-state index in [9.17, 15) is 45.1 Å². The van der Waals surface area contributed by atoms with Crippen molar-refractivity contribution < 1.29 is 45.1 Å². The van der Waals surface area contributed by atoms with Gasteiger partial charge in [0.2, 0.25) is 17.7 Å². The number of aryl methyl sites for hydroxylation is 1. The van der Waals surface area contributed by atoms with Gasteiger partial charge in [-0.15, -0.1) is 0 Å². The minimum Gasteiger partial charge on any atom is -0.343 e. The van der Waals surface area contributed by atoms with Crippen LogP contribution >= 0.6 is 0 Å². The maximum absolute atomic E-state index is 14.2. The van der Waals surface area contributed by atoms with Gasteiger partial charge in [0.25, 0.3) is 0 Å². The molecule has 0 saturated carbocycles. The Bertz CT molecular complexity index is 1430. The van der Waals surface area contributed by atoms with Crippen LogP contribution in [0.3, 0.4) is 0 Å². The predicted molar refractivity (Wildman–Crippen MR) is 151 cm³/mol. The summed E-state index contributed by atoms with van der Waals surface area (Å²) in [6.07, 6.45) is -9.24. The largest absolute Gasteiger partial charge is 0.416 e. The minimum absolute atomic E-state index is 0.0378. The average molecular weight is 644 g/mol. The molecule has 2 aliphatic heterocycles. The predicted octanol–water partition coefficient (Wildman–Crippen LogP) is 6.37. The van der Waals surface area contributed by atoms with Gasteiger partial charge in [-0.3, -0.25) is 14.4 Å². The molecule has 0 aromatic heterocycles. The van der Waals surface area contributed by atoms with Crippen molar-refractivity contribution >= 4 is 17.7 Å². The first-order valence-electron chi connectivity index (χ1n) is 14.6. The second-order valence-corrected chi connectivity index (χ2v) is 12.5. The van der Waals surface area contributed by atoms with Crippen molar-refractivity contribution in [3.05, 3.63) is 70.0 Å². The molecule has 6 nitrogen and oxygen atoms in total. The summed E-state index contributed by atoms with van der Waals surface area (Å²) >= 11 is 0. The highest BCUT2D eigenvalue weighted by atomic mass is 19.4. The quantitative estimate of drug-likeness (QED) is 0.356. The van der Waals surface area contributed by atoms with Gasteiger partial charge in [0.1, 0.15) is 5.82 Å². The molecule has 45 heavy (non-hydrogen) atoms. The number of nitrogens with zero attached hydrogens (tertiary/aromatic N) is 3. The van der Waals surface area contributed by atoms with Gasteiger partial charge < -0.3 is 14.7 Å². The first-order chi connectivity index (χ1) is 20.7. The molecule has 0 aliphatic carbocycles. The third kappa shape index (κ3) is 7.12. The van der Waals surface area contributed by atoms with Crippen molar-refractivity contribution in [1.29, 1.82) is 0 Å². The van der Waals surface area contributed by atoms with Gasteiger partial charge in [0.15, 0.2) is 0 Å². The number of carbonyl (C=O) groups excluding carboxylic acids is 3. The Morgan fingerprint density at radius 3 is 1.84 bits per heavy atom. The Morgan fingerprint density at radius 1 is 0.822 bits per heavy atom. The normalized spacial score (nSPS) is 20.0. The zero-order valence-electron chi connectivity index (χ0n) is 25.7. The molecule has 2 fully saturated rings. The summed E-state index contributed by atoms with van der Waals surface area (Å²) in [5, 5.41) is 0. The standard InChI is InChI=1S/C32H36F7N3O3/c1-18-12-24(33)6-7-25(18)26-16-42(28(44)20-8-10-41(11-9-20)19(2)43)17-27(26)29(45)40(5)30(3,4)21-13-22(31(34,35)36)15-23(14-21)32(37,38)39/h6-7,12-15,20,26-27H,8-11,16-17H2,1-5H3/t26-,27+/m1/s1. The lowest BCUT2D eigenvalue weighted by atomic mass is 9.83. The molecule has 2 aromatic carbocycles. The number of carbonyl (C=O) groups is 3. The van der Waals surface area contributed by atoms with E-state index >= 15 is 0 Å². The molecular weight excluding hydrogens is 607 g/mol. The zero-order chi connectivity index (χ0) is 33.6. The van der Waals surface area contributed by atoms with Crippen LogP contribution in [0.5, 0.6) is 0 Å². The van der Waals surface area contributed by atoms with E-state index in [0.717, 1.165) is 4.90 Å². The number of amides is 3. The van der Waals surface area contributed by atoms with Gasteiger partial charge in [-0.05, 0) is 80.6 Å². The molecule has 246 valence electrons. The summed E-state index contributed by atoms with van der Waals surface area (Å²) in [6, 6.07) is 5.32. The van der Waals surface area contributed by atoms with Crippen LogP contribution < -0.4 is 0 Å². The third-order valence-electron chi connectivity index (χ3n) is 9.33. The number of halogens is 7. The number of hydrogen-bond donors (Lipinski definition) is 0. The van der Waals surface area contributed by atoms with Crippen molar-refractivity contribution in [3.63, 3.8) is 0 Å². The number of alkyl halides is 6. The van der Waals surface area contributed by atoms with Gasteiger partial charge in [0.05, 0.1) is 22.6 Å². The van der Waals surface area contributed by atoms with E-state index in [1.165, 1.54) is 46.0 Å². The highest BCUT2D eigenvalue weighted by Crippen LogP contribution is 2.42. The zero-order valence-corrected chi connectivity index (χ0v) is 25.7. The van der Waals surface area contributed by atoms with E-state index in [-0.39, 0.29) is 42.5 Å². The van der Waals surface area contributed by atoms with E-state index in [4.69, 9.17) is 0 Å². The maximum Gasteiger partial charge on any atom is 0.416 e. The van der Waals surface area contributed by atoms with E-state index in [1.807, 2.05) is 0 Å². The molecule has 2 saturated heterocycles. The lowest BCUT2D eigenvalue weighted by Crippen LogP contribution is -2.47. The minimum atomic E-state index is -5.06. The number of hydrogen-bond acceptors (Lipinski definition) is 3. The molecular formula is C32H36F7N3O3. The van der Waals surface area contributed by atoms with Gasteiger partial charge in [-0.25, -0.2) is 4.39 Å². The fraction of sp³-hybridized carbons (Fsp3) is 0.531. The van der Waals surface area contributed by atoms with Gasteiger partial charge in [-0.1, -0.05) is 6.07 Å². The van der Waals surface area contributed by atoms with Crippen molar-refractivity contribution in [2.45, 2.75) is 64.3 Å². The summed E-state index contributed by atoms with van der Waals surface area (Å²) in [7, 11) is 1.31. The first-order valence-corrected chi connectivity index (χ1v) is 14.6. The highest BCUT2D eigenvalue weighted by molar-refractivity contribution is 5.85. The van der Waals surface area contributed by atoms with Crippen LogP contribution in [0.4, 0.5) is 30.7 Å². The lowest BCUT2D eigenvalue weighted by Gasteiger charge is -2.39. The van der Waals surface area contributed by atoms with E-state index in [0.29, 0.717) is 49.2 Å². The number of piperidine rings is 1. The number of benzene rings is 2. The highest BCUT2D eigenvalue weighted by Gasteiger charge is 2.47. The molecule has 2 aromatic rings. The second-order valence-electron chi connectivity index (χ2n) is 12.5. The SMILES string of the molecule is CC(=O)N1CCC(C(=O)N2C[C@H](C(=O)N(C)C(C)(C)c3cc(C(F)(F)F)cc(C(F)(F)F)c3)[C@@H](c3ccc(F)cc3C)C2)CC1. The number of rotatable bonds is 5. The molecule has 0 unspecified atom stereocenters. The molecule has 0 spiro atoms. The first kappa shape index (κ1) is 34.2. The van der Waals surface area contributed by atoms with Gasteiger partial charge in [-0.2, -0.15) is 26.3 Å². The smallest absolute Gasteiger partial charge is 0.343 e. The molecule has 3 amide bonds. The monoisotopic (exact) mass is 643 g/mol. The van der Waals surface area contributed by atoms with E-state index < -0.39 is 52.6 Å². The maximum atomic E-state index is 14.2. The Morgan fingerprint density at radius 2 is 1.36 bits per heavy atom. The Balaban J connectivity index is 1.68. The molecule has 0 N–H and O–H groups in total. The summed E-state index contributed by atoms with van der Waals surface area (Å²) in [4.78, 5) is 43.9. The van der Waals surface area contributed by atoms with Crippen molar-refractivity contribution in [1.82, 2.24) is 14.7 Å². The fourth-order valence-electron chi connectivity index (χ4n) is 6.33. The lowest BCUT2D eigenvalue weighted by molar-refractivity contribution is -0.143.